The van der Waals surface area contributed by atoms with Gasteiger partial charge in [0.2, 0.25) is 0 Å². The molecule has 0 N–H and O–H groups in total. The standard InChI is InChI=1S/C71H53N/c1-3-56-57(50-38-36-49(37-39-50)48-21-8-4-9-22-48)42-35-47(2)69(72-70(56)51-23-10-5-11-24-51)53-40-43-63-64(46-53)60-30-17-16-29-59(60)62-33-20-32-58(68(62)63)52-41-44-67-65(45-52)61-31-18-19-34-66(61)71(67,54-25-12-6-13-26-54)55-27-14-7-15-28-55/h4-34,36-41,43-46H,3,35,42H2,1-2H3/b57-56?,69-47+,72-70?. The minimum Gasteiger partial charge on any atom is -0.248 e. The molecule has 1 aliphatic carbocycles. The molecule has 11 aromatic rings. The van der Waals surface area contributed by atoms with Crippen LogP contribution in [0, 0.1) is 0 Å². The number of hydrogen-bond acceptors (Lipinski definition) is 1. The zero-order valence-corrected chi connectivity index (χ0v) is 40.7. The van der Waals surface area contributed by atoms with Crippen LogP contribution in [0.25, 0.3) is 77.0 Å². The molecule has 342 valence electrons. The molecule has 0 saturated carbocycles. The van der Waals surface area contributed by atoms with E-state index < -0.39 is 5.41 Å². The van der Waals surface area contributed by atoms with Gasteiger partial charge in [0.05, 0.1) is 16.8 Å². The Bertz CT molecular complexity index is 3930. The van der Waals surface area contributed by atoms with E-state index in [0.717, 1.165) is 41.8 Å². The zero-order valence-electron chi connectivity index (χ0n) is 40.7. The van der Waals surface area contributed by atoms with Crippen molar-refractivity contribution < 1.29 is 0 Å². The van der Waals surface area contributed by atoms with Crippen LogP contribution in [0.4, 0.5) is 0 Å². The van der Waals surface area contributed by atoms with E-state index in [4.69, 9.17) is 4.99 Å². The Balaban J connectivity index is 0.985. The SMILES string of the molecule is CCC1=C(c2ccc(-c3ccccc3)cc2)CC/C(C)=C(\c2ccc3c(c2)c2ccccc2c2cccc(-c4ccc5c(c4)-c4ccccc4C5(c4ccccc4)c4ccccc4)c23)N=C1c1ccccc1. The Morgan fingerprint density at radius 2 is 0.889 bits per heavy atom. The Labute approximate surface area is 422 Å². The molecule has 13 rings (SSSR count). The molecule has 2 aliphatic rings. The lowest BCUT2D eigenvalue weighted by molar-refractivity contribution is 0.768. The van der Waals surface area contributed by atoms with E-state index in [-0.39, 0.29) is 0 Å². The molecule has 0 atom stereocenters. The second kappa shape index (κ2) is 17.9. The molecule has 0 bridgehead atoms. The van der Waals surface area contributed by atoms with Crippen LogP contribution in [-0.4, -0.2) is 5.71 Å². The highest BCUT2D eigenvalue weighted by molar-refractivity contribution is 6.29. The van der Waals surface area contributed by atoms with Crippen LogP contribution in [-0.2, 0) is 5.41 Å². The monoisotopic (exact) mass is 919 g/mol. The summed E-state index contributed by atoms with van der Waals surface area (Å²) < 4.78 is 0. The van der Waals surface area contributed by atoms with Crippen LogP contribution in [0.2, 0.25) is 0 Å². The van der Waals surface area contributed by atoms with Crippen LogP contribution in [0.3, 0.4) is 0 Å². The molecule has 1 heteroatoms. The summed E-state index contributed by atoms with van der Waals surface area (Å²) in [4.78, 5) is 5.81. The molecule has 0 fully saturated rings. The van der Waals surface area contributed by atoms with Gasteiger partial charge in [-0.1, -0.05) is 244 Å². The van der Waals surface area contributed by atoms with Crippen molar-refractivity contribution in [1.82, 2.24) is 0 Å². The number of allylic oxidation sites excluding steroid dienone is 3. The molecular formula is C71H53N. The van der Waals surface area contributed by atoms with Crippen molar-refractivity contribution in [2.45, 2.75) is 38.5 Å². The van der Waals surface area contributed by atoms with E-state index in [9.17, 15) is 0 Å². The minimum absolute atomic E-state index is 0.443. The van der Waals surface area contributed by atoms with E-state index in [1.54, 1.807) is 0 Å². The van der Waals surface area contributed by atoms with Crippen molar-refractivity contribution in [3.05, 3.63) is 299 Å². The topological polar surface area (TPSA) is 12.4 Å². The lowest BCUT2D eigenvalue weighted by atomic mass is 9.67. The summed E-state index contributed by atoms with van der Waals surface area (Å²) in [6.07, 6.45) is 2.72. The first-order chi connectivity index (χ1) is 35.6. The Kier molecular flexibility index (Phi) is 10.8. The fraction of sp³-hybridized carbons (Fsp3) is 0.0845. The number of rotatable bonds is 8. The zero-order chi connectivity index (χ0) is 48.2. The predicted molar refractivity (Wildman–Crippen MR) is 306 cm³/mol. The largest absolute Gasteiger partial charge is 0.248 e. The summed E-state index contributed by atoms with van der Waals surface area (Å²) in [6.45, 7) is 4.59. The van der Waals surface area contributed by atoms with Gasteiger partial charge in [0.15, 0.2) is 0 Å². The third-order valence-electron chi connectivity index (χ3n) is 15.7. The summed E-state index contributed by atoms with van der Waals surface area (Å²) in [6, 6.07) is 92.2. The predicted octanol–water partition coefficient (Wildman–Crippen LogP) is 18.7. The molecule has 1 heterocycles. The highest BCUT2D eigenvalue weighted by Crippen LogP contribution is 2.57. The lowest BCUT2D eigenvalue weighted by Crippen LogP contribution is -2.28. The van der Waals surface area contributed by atoms with Crippen molar-refractivity contribution in [2.24, 2.45) is 4.99 Å². The number of aliphatic imine (C=N–C) groups is 1. The Morgan fingerprint density at radius 1 is 0.375 bits per heavy atom. The minimum atomic E-state index is -0.443. The maximum Gasteiger partial charge on any atom is 0.0744 e. The van der Waals surface area contributed by atoms with Gasteiger partial charge < -0.3 is 0 Å². The summed E-state index contributed by atoms with van der Waals surface area (Å²) >= 11 is 0. The van der Waals surface area contributed by atoms with E-state index in [1.807, 2.05) is 0 Å². The summed E-state index contributed by atoms with van der Waals surface area (Å²) in [5, 5.41) is 7.54. The summed E-state index contributed by atoms with van der Waals surface area (Å²) in [5.41, 5.74) is 21.9. The second-order valence-electron chi connectivity index (χ2n) is 19.5. The van der Waals surface area contributed by atoms with Gasteiger partial charge in [0.25, 0.3) is 0 Å². The Hall–Kier alpha value is -8.65. The van der Waals surface area contributed by atoms with Crippen LogP contribution in [0.15, 0.2) is 265 Å². The van der Waals surface area contributed by atoms with Gasteiger partial charge in [-0.3, -0.25) is 0 Å². The number of nitrogens with zero attached hydrogens (tertiary/aromatic N) is 1. The Morgan fingerprint density at radius 3 is 1.58 bits per heavy atom. The number of hydrogen-bond donors (Lipinski definition) is 0. The molecule has 0 radical (unpaired) electrons. The normalized spacial score (nSPS) is 15.3. The first kappa shape index (κ1) is 43.4. The molecular weight excluding hydrogens is 867 g/mol. The summed E-state index contributed by atoms with van der Waals surface area (Å²) in [5.74, 6) is 0. The molecule has 0 amide bonds. The number of benzene rings is 11. The fourth-order valence-electron chi connectivity index (χ4n) is 12.3. The molecule has 0 spiro atoms. The summed E-state index contributed by atoms with van der Waals surface area (Å²) in [7, 11) is 0. The van der Waals surface area contributed by atoms with Gasteiger partial charge in [-0.2, -0.15) is 0 Å². The molecule has 0 aromatic heterocycles. The molecule has 11 aromatic carbocycles. The molecule has 1 aliphatic heterocycles. The van der Waals surface area contributed by atoms with Crippen LogP contribution in [0.5, 0.6) is 0 Å². The fourth-order valence-corrected chi connectivity index (χ4v) is 12.3. The van der Waals surface area contributed by atoms with Crippen molar-refractivity contribution in [3.63, 3.8) is 0 Å². The lowest BCUT2D eigenvalue weighted by Gasteiger charge is -2.33. The van der Waals surface area contributed by atoms with Crippen molar-refractivity contribution >= 4 is 49.3 Å². The molecule has 0 saturated heterocycles. The van der Waals surface area contributed by atoms with Crippen LogP contribution < -0.4 is 0 Å². The van der Waals surface area contributed by atoms with Crippen molar-refractivity contribution in [1.29, 1.82) is 0 Å². The number of fused-ring (bicyclic) bond motifs is 9. The highest BCUT2D eigenvalue weighted by Gasteiger charge is 2.46. The van der Waals surface area contributed by atoms with E-state index in [1.165, 1.54) is 110 Å². The average molecular weight is 920 g/mol. The maximum atomic E-state index is 5.81. The molecule has 1 nitrogen and oxygen atoms in total. The second-order valence-corrected chi connectivity index (χ2v) is 19.5. The first-order valence-corrected chi connectivity index (χ1v) is 25.6. The smallest absolute Gasteiger partial charge is 0.0744 e. The first-order valence-electron chi connectivity index (χ1n) is 25.6. The van der Waals surface area contributed by atoms with E-state index in [0.29, 0.717) is 0 Å². The van der Waals surface area contributed by atoms with Gasteiger partial charge >= 0.3 is 0 Å². The van der Waals surface area contributed by atoms with E-state index in [2.05, 4.69) is 263 Å². The van der Waals surface area contributed by atoms with Gasteiger partial charge in [-0.15, -0.1) is 0 Å². The van der Waals surface area contributed by atoms with Gasteiger partial charge in [0.1, 0.15) is 0 Å². The highest BCUT2D eigenvalue weighted by atomic mass is 14.8. The average Bonchev–Trinajstić information content (AvgIpc) is 3.75. The third kappa shape index (κ3) is 7.02. The van der Waals surface area contributed by atoms with E-state index >= 15 is 0 Å². The van der Waals surface area contributed by atoms with Crippen molar-refractivity contribution in [3.8, 4) is 33.4 Å². The molecule has 0 unspecified atom stereocenters. The third-order valence-corrected chi connectivity index (χ3v) is 15.7. The van der Waals surface area contributed by atoms with Gasteiger partial charge in [0, 0.05) is 11.1 Å². The quantitative estimate of drug-likeness (QED) is 0.135. The van der Waals surface area contributed by atoms with Gasteiger partial charge in [-0.05, 0) is 149 Å². The molecule has 72 heavy (non-hydrogen) atoms. The van der Waals surface area contributed by atoms with Crippen LogP contribution in [0.1, 0.15) is 72.1 Å². The van der Waals surface area contributed by atoms with Crippen molar-refractivity contribution in [2.75, 3.05) is 0 Å². The maximum absolute atomic E-state index is 5.81. The van der Waals surface area contributed by atoms with Crippen LogP contribution >= 0.6 is 0 Å². The van der Waals surface area contributed by atoms with Gasteiger partial charge in [-0.25, -0.2) is 4.99 Å².